The minimum absolute atomic E-state index is 0.0536. The molecule has 94 valence electrons. The fraction of sp³-hybridized carbons (Fsp3) is 0.727. The highest BCUT2D eigenvalue weighted by Crippen LogP contribution is 2.25. The van der Waals surface area contributed by atoms with Gasteiger partial charge in [-0.3, -0.25) is 4.79 Å². The zero-order valence-electron chi connectivity index (χ0n) is 9.93. The summed E-state index contributed by atoms with van der Waals surface area (Å²) in [5.74, 6) is 0.0536. The van der Waals surface area contributed by atoms with Gasteiger partial charge in [0.15, 0.2) is 0 Å². The predicted molar refractivity (Wildman–Crippen MR) is 65.0 cm³/mol. The second-order valence-electron chi connectivity index (χ2n) is 4.35. The zero-order chi connectivity index (χ0) is 12.3. The van der Waals surface area contributed by atoms with Crippen molar-refractivity contribution in [2.45, 2.75) is 38.6 Å². The van der Waals surface area contributed by atoms with E-state index >= 15 is 0 Å². The van der Waals surface area contributed by atoms with E-state index in [9.17, 15) is 4.79 Å². The summed E-state index contributed by atoms with van der Waals surface area (Å²) in [5, 5.41) is 12.7. The molecule has 17 heavy (non-hydrogen) atoms. The van der Waals surface area contributed by atoms with Crippen molar-refractivity contribution in [3.8, 4) is 0 Å². The van der Waals surface area contributed by atoms with Crippen LogP contribution < -0.4 is 0 Å². The number of likely N-dealkylation sites (tertiary alicyclic amines) is 1. The molecule has 2 rings (SSSR count). The van der Waals surface area contributed by atoms with Gasteiger partial charge in [0.2, 0.25) is 0 Å². The van der Waals surface area contributed by atoms with Crippen LogP contribution in [0, 0.1) is 6.92 Å². The maximum Gasteiger partial charge on any atom is 0.267 e. The molecule has 0 spiro atoms. The molecule has 0 aliphatic carbocycles. The average Bonchev–Trinajstić information content (AvgIpc) is 2.94. The third-order valence-corrected chi connectivity index (χ3v) is 4.00. The Morgan fingerprint density at radius 3 is 3.12 bits per heavy atom. The Morgan fingerprint density at radius 2 is 2.47 bits per heavy atom. The fourth-order valence-corrected chi connectivity index (χ4v) is 2.90. The molecule has 1 amide bonds. The Balaban J connectivity index is 2.06. The molecule has 1 N–H and O–H groups in total. The first-order valence-corrected chi connectivity index (χ1v) is 6.72. The molecule has 1 aliphatic heterocycles. The summed E-state index contributed by atoms with van der Waals surface area (Å²) in [6.45, 7) is 2.82. The van der Waals surface area contributed by atoms with Crippen molar-refractivity contribution in [3.05, 3.63) is 10.6 Å². The molecule has 1 atom stereocenters. The van der Waals surface area contributed by atoms with E-state index in [0.717, 1.165) is 32.2 Å². The summed E-state index contributed by atoms with van der Waals surface area (Å²) < 4.78 is 3.81. The maximum absolute atomic E-state index is 12.3. The van der Waals surface area contributed by atoms with Gasteiger partial charge in [-0.15, -0.1) is 5.10 Å². The first-order chi connectivity index (χ1) is 8.24. The summed E-state index contributed by atoms with van der Waals surface area (Å²) in [6, 6.07) is 0.274. The van der Waals surface area contributed by atoms with Crippen LogP contribution >= 0.6 is 11.5 Å². The smallest absolute Gasteiger partial charge is 0.267 e. The number of carbonyl (C=O) groups is 1. The molecule has 1 saturated heterocycles. The summed E-state index contributed by atoms with van der Waals surface area (Å²) in [7, 11) is 0. The van der Waals surface area contributed by atoms with Crippen LogP contribution in [0.3, 0.4) is 0 Å². The SMILES string of the molecule is Cc1nnsc1C(=O)N1CCCC1CCCO. The summed E-state index contributed by atoms with van der Waals surface area (Å²) in [6.07, 6.45) is 3.73. The largest absolute Gasteiger partial charge is 0.396 e. The highest BCUT2D eigenvalue weighted by molar-refractivity contribution is 7.07. The molecule has 0 aromatic carbocycles. The third kappa shape index (κ3) is 2.63. The second-order valence-corrected chi connectivity index (χ2v) is 5.10. The molecule has 0 radical (unpaired) electrons. The fourth-order valence-electron chi connectivity index (χ4n) is 2.29. The molecular weight excluding hydrogens is 238 g/mol. The lowest BCUT2D eigenvalue weighted by atomic mass is 10.1. The highest BCUT2D eigenvalue weighted by Gasteiger charge is 2.30. The lowest BCUT2D eigenvalue weighted by Crippen LogP contribution is -2.35. The number of aliphatic hydroxyl groups excluding tert-OH is 1. The lowest BCUT2D eigenvalue weighted by Gasteiger charge is -2.23. The Bertz CT molecular complexity index is 394. The Hall–Kier alpha value is -1.01. The van der Waals surface area contributed by atoms with Crippen molar-refractivity contribution in [3.63, 3.8) is 0 Å². The van der Waals surface area contributed by atoms with Gasteiger partial charge in [-0.2, -0.15) is 0 Å². The molecule has 1 fully saturated rings. The highest BCUT2D eigenvalue weighted by atomic mass is 32.1. The second kappa shape index (κ2) is 5.55. The van der Waals surface area contributed by atoms with Gasteiger partial charge in [0.1, 0.15) is 4.88 Å². The van der Waals surface area contributed by atoms with Crippen LogP contribution in [0.1, 0.15) is 41.0 Å². The number of hydrogen-bond acceptors (Lipinski definition) is 5. The van der Waals surface area contributed by atoms with Gasteiger partial charge in [0, 0.05) is 19.2 Å². The van der Waals surface area contributed by atoms with Crippen LogP contribution in [0.4, 0.5) is 0 Å². The lowest BCUT2D eigenvalue weighted by molar-refractivity contribution is 0.0728. The monoisotopic (exact) mass is 255 g/mol. The molecule has 0 bridgehead atoms. The first-order valence-electron chi connectivity index (χ1n) is 5.95. The van der Waals surface area contributed by atoms with Crippen molar-refractivity contribution in [1.29, 1.82) is 0 Å². The van der Waals surface area contributed by atoms with Gasteiger partial charge in [0.05, 0.1) is 5.69 Å². The Kier molecular flexibility index (Phi) is 4.06. The standard InChI is InChI=1S/C11H17N3O2S/c1-8-10(17-13-12-8)11(16)14-6-2-4-9(14)5-3-7-15/h9,15H,2-7H2,1H3. The Labute approximate surface area is 105 Å². The van der Waals surface area contributed by atoms with Crippen LogP contribution in [-0.2, 0) is 0 Å². The van der Waals surface area contributed by atoms with E-state index in [1.54, 1.807) is 0 Å². The van der Waals surface area contributed by atoms with E-state index in [-0.39, 0.29) is 18.6 Å². The van der Waals surface area contributed by atoms with Crippen molar-refractivity contribution in [2.75, 3.05) is 13.2 Å². The normalized spacial score (nSPS) is 19.9. The van der Waals surface area contributed by atoms with Crippen molar-refractivity contribution in [2.24, 2.45) is 0 Å². The molecule has 6 heteroatoms. The van der Waals surface area contributed by atoms with Gasteiger partial charge < -0.3 is 10.0 Å². The zero-order valence-corrected chi connectivity index (χ0v) is 10.7. The summed E-state index contributed by atoms with van der Waals surface area (Å²) in [5.41, 5.74) is 0.716. The van der Waals surface area contributed by atoms with Crippen LogP contribution in [0.2, 0.25) is 0 Å². The first kappa shape index (κ1) is 12.4. The van der Waals surface area contributed by atoms with Crippen LogP contribution in [-0.4, -0.2) is 44.7 Å². The molecule has 0 saturated carbocycles. The quantitative estimate of drug-likeness (QED) is 0.878. The number of aliphatic hydroxyl groups is 1. The molecule has 1 unspecified atom stereocenters. The van der Waals surface area contributed by atoms with Gasteiger partial charge in [-0.25, -0.2) is 0 Å². The third-order valence-electron chi connectivity index (χ3n) is 3.18. The number of aromatic nitrogens is 2. The molecule has 1 aromatic rings. The number of aryl methyl sites for hydroxylation is 1. The van der Waals surface area contributed by atoms with E-state index in [2.05, 4.69) is 9.59 Å². The average molecular weight is 255 g/mol. The van der Waals surface area contributed by atoms with Gasteiger partial charge in [0.25, 0.3) is 5.91 Å². The maximum atomic E-state index is 12.3. The van der Waals surface area contributed by atoms with E-state index in [1.807, 2.05) is 11.8 Å². The number of nitrogens with zero attached hydrogens (tertiary/aromatic N) is 3. The summed E-state index contributed by atoms with van der Waals surface area (Å²) in [4.78, 5) is 14.9. The number of carbonyl (C=O) groups excluding carboxylic acids is 1. The van der Waals surface area contributed by atoms with Gasteiger partial charge in [-0.05, 0) is 44.1 Å². The van der Waals surface area contributed by atoms with Crippen molar-refractivity contribution < 1.29 is 9.90 Å². The molecule has 2 heterocycles. The molecule has 5 nitrogen and oxygen atoms in total. The van der Waals surface area contributed by atoms with Gasteiger partial charge in [-0.1, -0.05) is 4.49 Å². The van der Waals surface area contributed by atoms with Crippen LogP contribution in [0.25, 0.3) is 0 Å². The number of amides is 1. The molecule has 1 aliphatic rings. The van der Waals surface area contributed by atoms with E-state index in [1.165, 1.54) is 11.5 Å². The predicted octanol–water partition coefficient (Wildman–Crippen LogP) is 1.22. The summed E-state index contributed by atoms with van der Waals surface area (Å²) >= 11 is 1.17. The van der Waals surface area contributed by atoms with E-state index < -0.39 is 0 Å². The van der Waals surface area contributed by atoms with Crippen LogP contribution in [0.15, 0.2) is 0 Å². The topological polar surface area (TPSA) is 66.3 Å². The van der Waals surface area contributed by atoms with Crippen molar-refractivity contribution >= 4 is 17.4 Å². The number of rotatable bonds is 4. The molecular formula is C11H17N3O2S. The van der Waals surface area contributed by atoms with Gasteiger partial charge >= 0.3 is 0 Å². The minimum Gasteiger partial charge on any atom is -0.396 e. The van der Waals surface area contributed by atoms with Crippen molar-refractivity contribution in [1.82, 2.24) is 14.5 Å². The number of hydrogen-bond donors (Lipinski definition) is 1. The minimum atomic E-state index is 0.0536. The Morgan fingerprint density at radius 1 is 1.65 bits per heavy atom. The molecule has 1 aromatic heterocycles. The van der Waals surface area contributed by atoms with Crippen LogP contribution in [0.5, 0.6) is 0 Å². The van der Waals surface area contributed by atoms with E-state index in [4.69, 9.17) is 5.11 Å². The van der Waals surface area contributed by atoms with E-state index in [0.29, 0.717) is 10.6 Å².